The van der Waals surface area contributed by atoms with Gasteiger partial charge in [0.15, 0.2) is 0 Å². The fraction of sp³-hybridized carbons (Fsp3) is 0.125. The van der Waals surface area contributed by atoms with Crippen LogP contribution in [0.5, 0.6) is 0 Å². The van der Waals surface area contributed by atoms with Gasteiger partial charge in [-0.05, 0) is 68.7 Å². The first-order valence-electron chi connectivity index (χ1n) is 3.18. The molecule has 0 atom stereocenters. The maximum atomic E-state index is 11.0. The van der Waals surface area contributed by atoms with E-state index in [1.54, 1.807) is 0 Å². The summed E-state index contributed by atoms with van der Waals surface area (Å²) >= 11 is 10.9. The van der Waals surface area contributed by atoms with Crippen LogP contribution in [0.1, 0.15) is 15.9 Å². The summed E-state index contributed by atoms with van der Waals surface area (Å²) in [6.45, 7) is 1.86. The molecule has 0 amide bonds. The van der Waals surface area contributed by atoms with Gasteiger partial charge >= 0.3 is 0 Å². The topological polar surface area (TPSA) is 17.1 Å². The van der Waals surface area contributed by atoms with Crippen LogP contribution in [0, 0.1) is 10.5 Å². The van der Waals surface area contributed by atoms with E-state index in [0.29, 0.717) is 5.56 Å². The number of hydrogen-bond donors (Lipinski definition) is 0. The summed E-state index contributed by atoms with van der Waals surface area (Å²) < 4.78 is 1.77. The molecule has 0 bridgehead atoms. The molecule has 0 unspecified atom stereocenters. The summed E-state index contributed by atoms with van der Waals surface area (Å²) in [5.41, 5.74) is 1.45. The Balaban J connectivity index is 3.43. The predicted molar refractivity (Wildman–Crippen MR) is 61.8 cm³/mol. The summed E-state index contributed by atoms with van der Waals surface area (Å²) in [5.74, 6) is 0. The smallest absolute Gasteiger partial charge is 0.253 e. The van der Waals surface area contributed by atoms with Crippen LogP contribution >= 0.6 is 50.1 Å². The Morgan fingerprint density at radius 2 is 2.17 bits per heavy atom. The average Bonchev–Trinajstić information content (AvgIpc) is 1.97. The van der Waals surface area contributed by atoms with Crippen molar-refractivity contribution in [2.24, 2.45) is 0 Å². The fourth-order valence-electron chi connectivity index (χ4n) is 0.888. The van der Waals surface area contributed by atoms with Crippen LogP contribution in [0.4, 0.5) is 0 Å². The van der Waals surface area contributed by atoms with Gasteiger partial charge in [0.25, 0.3) is 5.24 Å². The summed E-state index contributed by atoms with van der Waals surface area (Å²) in [4.78, 5) is 11.0. The Morgan fingerprint density at radius 3 is 2.58 bits per heavy atom. The fourth-order valence-corrected chi connectivity index (χ4v) is 2.32. The zero-order valence-electron chi connectivity index (χ0n) is 6.20. The molecule has 1 aromatic carbocycles. The third kappa shape index (κ3) is 2.00. The Kier molecular flexibility index (Phi) is 3.55. The minimum absolute atomic E-state index is 0.419. The van der Waals surface area contributed by atoms with Crippen LogP contribution in [-0.4, -0.2) is 5.24 Å². The molecular weight excluding hydrogens is 354 g/mol. The Hall–Kier alpha value is 0.390. The molecule has 0 aliphatic rings. The predicted octanol–water partition coefficient (Wildman–Crippen LogP) is 3.74. The van der Waals surface area contributed by atoms with Crippen LogP contribution in [0.25, 0.3) is 0 Å². The first-order chi connectivity index (χ1) is 5.54. The molecule has 0 saturated carbocycles. The monoisotopic (exact) mass is 358 g/mol. The molecule has 1 rings (SSSR count). The van der Waals surface area contributed by atoms with E-state index in [1.807, 2.05) is 19.1 Å². The van der Waals surface area contributed by atoms with Crippen molar-refractivity contribution in [3.63, 3.8) is 0 Å². The van der Waals surface area contributed by atoms with Crippen molar-refractivity contribution >= 4 is 55.4 Å². The van der Waals surface area contributed by atoms with Crippen molar-refractivity contribution in [3.8, 4) is 0 Å². The molecular formula is C8H5BrClIO. The number of hydrogen-bond acceptors (Lipinski definition) is 1. The molecule has 0 radical (unpaired) electrons. The summed E-state index contributed by atoms with van der Waals surface area (Å²) in [7, 11) is 0. The minimum Gasteiger partial charge on any atom is -0.276 e. The van der Waals surface area contributed by atoms with Crippen molar-refractivity contribution in [1.29, 1.82) is 0 Å². The molecule has 0 fully saturated rings. The zero-order valence-corrected chi connectivity index (χ0v) is 10.7. The lowest BCUT2D eigenvalue weighted by atomic mass is 10.1. The second-order valence-corrected chi connectivity index (χ2v) is 4.63. The molecule has 0 aliphatic carbocycles. The summed E-state index contributed by atoms with van der Waals surface area (Å²) in [6.07, 6.45) is 0. The average molecular weight is 359 g/mol. The molecule has 0 aliphatic heterocycles. The lowest BCUT2D eigenvalue weighted by Gasteiger charge is -2.04. The normalized spacial score (nSPS) is 10.0. The van der Waals surface area contributed by atoms with Crippen molar-refractivity contribution in [3.05, 3.63) is 31.3 Å². The highest BCUT2D eigenvalue weighted by Gasteiger charge is 2.12. The number of carbonyl (C=O) groups excluding carboxylic acids is 1. The third-order valence-corrected chi connectivity index (χ3v) is 4.15. The lowest BCUT2D eigenvalue weighted by Crippen LogP contribution is -1.96. The lowest BCUT2D eigenvalue weighted by molar-refractivity contribution is 0.108. The second kappa shape index (κ2) is 4.07. The van der Waals surface area contributed by atoms with Crippen LogP contribution in [0.15, 0.2) is 16.6 Å². The van der Waals surface area contributed by atoms with E-state index in [9.17, 15) is 4.79 Å². The molecule has 64 valence electrons. The van der Waals surface area contributed by atoms with E-state index in [1.165, 1.54) is 0 Å². The summed E-state index contributed by atoms with van der Waals surface area (Å²) in [5, 5.41) is -0.419. The van der Waals surface area contributed by atoms with Gasteiger partial charge in [0.1, 0.15) is 0 Å². The molecule has 0 aromatic heterocycles. The third-order valence-electron chi connectivity index (χ3n) is 1.50. The largest absolute Gasteiger partial charge is 0.276 e. The van der Waals surface area contributed by atoms with Crippen molar-refractivity contribution in [2.75, 3.05) is 0 Å². The minimum atomic E-state index is -0.419. The Bertz CT molecular complexity index is 338. The highest BCUT2D eigenvalue weighted by atomic mass is 127. The Morgan fingerprint density at radius 1 is 1.58 bits per heavy atom. The highest BCUT2D eigenvalue weighted by molar-refractivity contribution is 14.1. The van der Waals surface area contributed by atoms with Crippen LogP contribution < -0.4 is 0 Å². The van der Waals surface area contributed by atoms with E-state index >= 15 is 0 Å². The van der Waals surface area contributed by atoms with E-state index in [0.717, 1.165) is 13.6 Å². The van der Waals surface area contributed by atoms with Gasteiger partial charge in [-0.15, -0.1) is 0 Å². The molecule has 0 heterocycles. The van der Waals surface area contributed by atoms with E-state index in [4.69, 9.17) is 11.6 Å². The van der Waals surface area contributed by atoms with Crippen molar-refractivity contribution in [2.45, 2.75) is 6.92 Å². The molecule has 1 aromatic rings. The van der Waals surface area contributed by atoms with E-state index in [2.05, 4.69) is 38.5 Å². The summed E-state index contributed by atoms with van der Waals surface area (Å²) in [6, 6.07) is 3.81. The molecule has 1 nitrogen and oxygen atoms in total. The van der Waals surface area contributed by atoms with E-state index < -0.39 is 5.24 Å². The molecule has 12 heavy (non-hydrogen) atoms. The van der Waals surface area contributed by atoms with Crippen molar-refractivity contribution in [1.82, 2.24) is 0 Å². The van der Waals surface area contributed by atoms with Crippen molar-refractivity contribution < 1.29 is 4.79 Å². The van der Waals surface area contributed by atoms with Gasteiger partial charge in [-0.2, -0.15) is 0 Å². The number of aryl methyl sites for hydroxylation is 1. The highest BCUT2D eigenvalue weighted by Crippen LogP contribution is 2.27. The van der Waals surface area contributed by atoms with Gasteiger partial charge in [-0.25, -0.2) is 0 Å². The second-order valence-electron chi connectivity index (χ2n) is 2.33. The zero-order chi connectivity index (χ0) is 9.30. The SMILES string of the molecule is Cc1ccc(I)c(Br)c1C(=O)Cl. The van der Waals surface area contributed by atoms with Gasteiger partial charge in [0.05, 0.1) is 5.56 Å². The first kappa shape index (κ1) is 10.5. The quantitative estimate of drug-likeness (QED) is 0.551. The maximum Gasteiger partial charge on any atom is 0.253 e. The molecule has 0 spiro atoms. The van der Waals surface area contributed by atoms with Crippen LogP contribution in [-0.2, 0) is 0 Å². The maximum absolute atomic E-state index is 11.0. The van der Waals surface area contributed by atoms with E-state index in [-0.39, 0.29) is 0 Å². The standard InChI is InChI=1S/C8H5BrClIO/c1-4-2-3-5(11)7(9)6(4)8(10)12/h2-3H,1H3. The number of halogens is 3. The van der Waals surface area contributed by atoms with Gasteiger partial charge in [0, 0.05) is 8.04 Å². The molecule has 0 N–H and O–H groups in total. The molecule has 0 saturated heterocycles. The number of benzene rings is 1. The number of rotatable bonds is 1. The van der Waals surface area contributed by atoms with Crippen LogP contribution in [0.2, 0.25) is 0 Å². The van der Waals surface area contributed by atoms with Gasteiger partial charge in [-0.1, -0.05) is 6.07 Å². The first-order valence-corrected chi connectivity index (χ1v) is 5.43. The molecule has 4 heteroatoms. The van der Waals surface area contributed by atoms with Crippen LogP contribution in [0.3, 0.4) is 0 Å². The number of carbonyl (C=O) groups is 1. The Labute approximate surface area is 97.8 Å². The van der Waals surface area contributed by atoms with Gasteiger partial charge < -0.3 is 0 Å². The van der Waals surface area contributed by atoms with Gasteiger partial charge in [0.2, 0.25) is 0 Å². The van der Waals surface area contributed by atoms with Gasteiger partial charge in [-0.3, -0.25) is 4.79 Å².